The van der Waals surface area contributed by atoms with E-state index in [1.54, 1.807) is 7.11 Å². The van der Waals surface area contributed by atoms with Gasteiger partial charge in [0.25, 0.3) is 0 Å². The first-order valence-electron chi connectivity index (χ1n) is 4.78. The van der Waals surface area contributed by atoms with Crippen molar-refractivity contribution in [2.75, 3.05) is 41.5 Å². The number of esters is 1. The fourth-order valence-electron chi connectivity index (χ4n) is 0.580. The number of carbonyl (C=O) groups is 1. The largest absolute Gasteiger partial charge is 0.469 e. The molecule has 0 saturated carbocycles. The molecule has 0 spiro atoms. The number of methoxy groups -OCH3 is 2. The number of carbonyl (C=O) groups excluding carboxylic acids is 1. The Morgan fingerprint density at radius 2 is 1.86 bits per heavy atom. The average molecular weight is 205 g/mol. The van der Waals surface area contributed by atoms with Crippen molar-refractivity contribution >= 4 is 5.97 Å². The van der Waals surface area contributed by atoms with Crippen molar-refractivity contribution in [2.24, 2.45) is 0 Å². The minimum atomic E-state index is -0.123. The predicted molar refractivity (Wildman–Crippen MR) is 57.4 cm³/mol. The molecule has 0 atom stereocenters. The molecule has 4 heteroatoms. The minimum absolute atomic E-state index is 0.123. The summed E-state index contributed by atoms with van der Waals surface area (Å²) in [5, 5.41) is 0. The van der Waals surface area contributed by atoms with Crippen LogP contribution < -0.4 is 0 Å². The Hall–Kier alpha value is -0.610. The molecule has 0 heterocycles. The molecule has 0 fully saturated rings. The van der Waals surface area contributed by atoms with Gasteiger partial charge in [0, 0.05) is 20.1 Å². The molecule has 0 aliphatic rings. The topological polar surface area (TPSA) is 38.8 Å². The summed E-state index contributed by atoms with van der Waals surface area (Å²) in [4.78, 5) is 12.3. The maximum absolute atomic E-state index is 10.2. The van der Waals surface area contributed by atoms with Crippen LogP contribution in [0.5, 0.6) is 0 Å². The molecule has 4 nitrogen and oxygen atoms in total. The Labute approximate surface area is 87.2 Å². The van der Waals surface area contributed by atoms with Crippen molar-refractivity contribution in [3.8, 4) is 0 Å². The third-order valence-electron chi connectivity index (χ3n) is 1.42. The Morgan fingerprint density at radius 3 is 2.00 bits per heavy atom. The van der Waals surface area contributed by atoms with Crippen molar-refractivity contribution < 1.29 is 14.3 Å². The van der Waals surface area contributed by atoms with E-state index in [9.17, 15) is 4.79 Å². The monoisotopic (exact) mass is 205 g/mol. The van der Waals surface area contributed by atoms with Gasteiger partial charge >= 0.3 is 5.97 Å². The summed E-state index contributed by atoms with van der Waals surface area (Å²) < 4.78 is 9.16. The summed E-state index contributed by atoms with van der Waals surface area (Å²) in [6.45, 7) is 3.78. The van der Waals surface area contributed by atoms with Gasteiger partial charge in [0.2, 0.25) is 0 Å². The van der Waals surface area contributed by atoms with Crippen LogP contribution in [-0.4, -0.2) is 52.3 Å². The van der Waals surface area contributed by atoms with Gasteiger partial charge in [-0.1, -0.05) is 6.92 Å². The highest BCUT2D eigenvalue weighted by Gasteiger charge is 1.92. The Kier molecular flexibility index (Phi) is 14.0. The number of nitrogens with zero attached hydrogens (tertiary/aromatic N) is 1. The predicted octanol–water partition coefficient (Wildman–Crippen LogP) is 1.15. The lowest BCUT2D eigenvalue weighted by molar-refractivity contribution is -0.140. The van der Waals surface area contributed by atoms with E-state index in [0.29, 0.717) is 6.42 Å². The molecule has 86 valence electrons. The van der Waals surface area contributed by atoms with E-state index in [-0.39, 0.29) is 5.97 Å². The lowest BCUT2D eigenvalue weighted by atomic mass is 10.3. The second-order valence-corrected chi connectivity index (χ2v) is 3.12. The van der Waals surface area contributed by atoms with E-state index in [1.165, 1.54) is 7.11 Å². The Morgan fingerprint density at radius 1 is 1.29 bits per heavy atom. The maximum atomic E-state index is 10.2. The Balaban J connectivity index is 0. The van der Waals surface area contributed by atoms with Crippen molar-refractivity contribution in [2.45, 2.75) is 19.8 Å². The molecule has 0 radical (unpaired) electrons. The van der Waals surface area contributed by atoms with E-state index in [2.05, 4.69) is 9.64 Å². The van der Waals surface area contributed by atoms with Crippen molar-refractivity contribution in [3.63, 3.8) is 0 Å². The molecule has 0 rings (SSSR count). The third-order valence-corrected chi connectivity index (χ3v) is 1.42. The van der Waals surface area contributed by atoms with E-state index in [1.807, 2.05) is 21.0 Å². The van der Waals surface area contributed by atoms with Gasteiger partial charge in [-0.25, -0.2) is 0 Å². The van der Waals surface area contributed by atoms with E-state index in [4.69, 9.17) is 4.74 Å². The molecule has 0 saturated heterocycles. The minimum Gasteiger partial charge on any atom is -0.469 e. The first kappa shape index (κ1) is 15.8. The van der Waals surface area contributed by atoms with Crippen molar-refractivity contribution in [1.29, 1.82) is 0 Å². The number of likely N-dealkylation sites (N-methyl/N-ethyl adjacent to an activating group) is 1. The quantitative estimate of drug-likeness (QED) is 0.631. The zero-order valence-corrected chi connectivity index (χ0v) is 10.0. The molecule has 0 aromatic carbocycles. The van der Waals surface area contributed by atoms with Crippen LogP contribution in [0.2, 0.25) is 0 Å². The summed E-state index contributed by atoms with van der Waals surface area (Å²) in [5.74, 6) is -0.123. The lowest BCUT2D eigenvalue weighted by Crippen LogP contribution is -2.16. The normalized spacial score (nSPS) is 9.29. The van der Waals surface area contributed by atoms with Crippen LogP contribution in [-0.2, 0) is 14.3 Å². The summed E-state index contributed by atoms with van der Waals surface area (Å²) in [6.07, 6.45) is 1.41. The summed E-state index contributed by atoms with van der Waals surface area (Å²) in [7, 11) is 7.17. The van der Waals surface area contributed by atoms with Crippen LogP contribution in [0.25, 0.3) is 0 Å². The molecule has 0 aliphatic heterocycles. The third kappa shape index (κ3) is 17.5. The zero-order chi connectivity index (χ0) is 11.4. The highest BCUT2D eigenvalue weighted by Crippen LogP contribution is 1.86. The number of hydrogen-bond acceptors (Lipinski definition) is 4. The second kappa shape index (κ2) is 12.4. The van der Waals surface area contributed by atoms with Gasteiger partial charge in [-0.2, -0.15) is 0 Å². The van der Waals surface area contributed by atoms with Crippen LogP contribution in [0.1, 0.15) is 19.8 Å². The molecule has 14 heavy (non-hydrogen) atoms. The summed E-state index contributed by atoms with van der Waals surface area (Å²) >= 11 is 0. The highest BCUT2D eigenvalue weighted by molar-refractivity contribution is 5.68. The van der Waals surface area contributed by atoms with Crippen LogP contribution in [0, 0.1) is 0 Å². The van der Waals surface area contributed by atoms with Gasteiger partial charge in [-0.15, -0.1) is 0 Å². The first-order chi connectivity index (χ1) is 6.58. The molecule has 0 aromatic rings. The maximum Gasteiger partial charge on any atom is 0.305 e. The molecule has 0 N–H and O–H groups in total. The van der Waals surface area contributed by atoms with Crippen LogP contribution in [0.3, 0.4) is 0 Å². The second-order valence-electron chi connectivity index (χ2n) is 3.12. The average Bonchev–Trinajstić information content (AvgIpc) is 2.16. The number of hydrogen-bond donors (Lipinski definition) is 0. The molecule has 0 amide bonds. The SMILES string of the molecule is CCCC(=O)OC.COCCN(C)C. The molecule has 0 bridgehead atoms. The summed E-state index contributed by atoms with van der Waals surface area (Å²) in [6, 6.07) is 0. The highest BCUT2D eigenvalue weighted by atomic mass is 16.5. The van der Waals surface area contributed by atoms with Crippen LogP contribution in [0.15, 0.2) is 0 Å². The van der Waals surface area contributed by atoms with Crippen molar-refractivity contribution in [1.82, 2.24) is 4.90 Å². The lowest BCUT2D eigenvalue weighted by Gasteiger charge is -2.06. The fraction of sp³-hybridized carbons (Fsp3) is 0.900. The van der Waals surface area contributed by atoms with E-state index < -0.39 is 0 Å². The van der Waals surface area contributed by atoms with E-state index in [0.717, 1.165) is 19.6 Å². The first-order valence-corrected chi connectivity index (χ1v) is 4.78. The van der Waals surface area contributed by atoms with Gasteiger partial charge < -0.3 is 14.4 Å². The van der Waals surface area contributed by atoms with Gasteiger partial charge in [0.1, 0.15) is 0 Å². The van der Waals surface area contributed by atoms with Crippen LogP contribution in [0.4, 0.5) is 0 Å². The molecule has 0 unspecified atom stereocenters. The molecular formula is C10H23NO3. The van der Waals surface area contributed by atoms with Gasteiger partial charge in [0.15, 0.2) is 0 Å². The standard InChI is InChI=1S/C5H13NO.C5H10O2/c1-6(2)4-5-7-3;1-3-4-5(6)7-2/h4-5H2,1-3H3;3-4H2,1-2H3. The molecular weight excluding hydrogens is 182 g/mol. The Bertz CT molecular complexity index is 127. The van der Waals surface area contributed by atoms with Gasteiger partial charge in [0.05, 0.1) is 13.7 Å². The zero-order valence-electron chi connectivity index (χ0n) is 10.0. The molecule has 0 aromatic heterocycles. The fourth-order valence-corrected chi connectivity index (χ4v) is 0.580. The van der Waals surface area contributed by atoms with E-state index >= 15 is 0 Å². The number of ether oxygens (including phenoxy) is 2. The smallest absolute Gasteiger partial charge is 0.305 e. The van der Waals surface area contributed by atoms with Crippen molar-refractivity contribution in [3.05, 3.63) is 0 Å². The van der Waals surface area contributed by atoms with Gasteiger partial charge in [-0.05, 0) is 20.5 Å². The summed E-state index contributed by atoms with van der Waals surface area (Å²) in [5.41, 5.74) is 0. The molecule has 0 aliphatic carbocycles. The van der Waals surface area contributed by atoms with Gasteiger partial charge in [-0.3, -0.25) is 4.79 Å². The van der Waals surface area contributed by atoms with Crippen LogP contribution >= 0.6 is 0 Å². The number of rotatable bonds is 5.